The number of fused-ring (bicyclic) bond motifs is 1. The van der Waals surface area contributed by atoms with Crippen LogP contribution in [0, 0.1) is 5.92 Å². The molecule has 4 unspecified atom stereocenters. The van der Waals surface area contributed by atoms with E-state index in [0.717, 1.165) is 17.8 Å². The normalized spacial score (nSPS) is 25.9. The summed E-state index contributed by atoms with van der Waals surface area (Å²) in [6.45, 7) is 4.57. The molecule has 2 aliphatic heterocycles. The summed E-state index contributed by atoms with van der Waals surface area (Å²) in [4.78, 5) is 29.1. The van der Waals surface area contributed by atoms with E-state index in [1.165, 1.54) is 16.2 Å². The van der Waals surface area contributed by atoms with Gasteiger partial charge in [-0.05, 0) is 49.8 Å². The Kier molecular flexibility index (Phi) is 6.72. The van der Waals surface area contributed by atoms with Gasteiger partial charge in [0, 0.05) is 5.38 Å². The van der Waals surface area contributed by atoms with E-state index in [-0.39, 0.29) is 34.8 Å². The van der Waals surface area contributed by atoms with E-state index >= 15 is 0 Å². The summed E-state index contributed by atoms with van der Waals surface area (Å²) in [6.07, 6.45) is 3.17. The Bertz CT molecular complexity index is 1180. The van der Waals surface area contributed by atoms with Crippen molar-refractivity contribution >= 4 is 39.8 Å². The molecule has 0 bridgehead atoms. The van der Waals surface area contributed by atoms with Crippen LogP contribution in [0.4, 0.5) is 5.13 Å². The Morgan fingerprint density at radius 3 is 2.74 bits per heavy atom. The van der Waals surface area contributed by atoms with E-state index < -0.39 is 6.04 Å². The number of aromatic nitrogens is 2. The molecule has 4 atom stereocenters. The maximum atomic E-state index is 13.9. The summed E-state index contributed by atoms with van der Waals surface area (Å²) >= 11 is 7.76. The summed E-state index contributed by atoms with van der Waals surface area (Å²) in [5.74, 6) is 0.449. The molecular weight excluding hydrogens is 490 g/mol. The molecule has 1 fully saturated rings. The number of benzene rings is 1. The van der Waals surface area contributed by atoms with Gasteiger partial charge in [-0.3, -0.25) is 14.5 Å². The van der Waals surface area contributed by atoms with Gasteiger partial charge >= 0.3 is 0 Å². The number of ketones is 1. The molecule has 10 heteroatoms. The predicted octanol–water partition coefficient (Wildman–Crippen LogP) is 4.62. The standard InChI is InChI=1S/C25H28ClN3O5S/c1-4-10-33-17-8-6-13(11-18(17)32-3)21-20-22(30)15-12-14(26)7-9-16(15)34-23(20)24(31)29(21)25-28-27-19(5-2)35-25/h6,8,11,14-16,21H,4-5,7,9-10,12H2,1-3H3. The van der Waals surface area contributed by atoms with Crippen molar-refractivity contribution in [3.05, 3.63) is 40.1 Å². The van der Waals surface area contributed by atoms with Gasteiger partial charge in [-0.25, -0.2) is 0 Å². The fourth-order valence-electron chi connectivity index (χ4n) is 5.00. The lowest BCUT2D eigenvalue weighted by atomic mass is 9.77. The van der Waals surface area contributed by atoms with Gasteiger partial charge in [0.15, 0.2) is 23.0 Å². The van der Waals surface area contributed by atoms with Crippen molar-refractivity contribution in [1.29, 1.82) is 0 Å². The Morgan fingerprint density at radius 2 is 2.03 bits per heavy atom. The number of hydrogen-bond donors (Lipinski definition) is 0. The van der Waals surface area contributed by atoms with Gasteiger partial charge in [-0.1, -0.05) is 31.3 Å². The second kappa shape index (κ2) is 9.78. The van der Waals surface area contributed by atoms with Crippen molar-refractivity contribution in [1.82, 2.24) is 10.2 Å². The number of aryl methyl sites for hydroxylation is 1. The SMILES string of the molecule is CCCOc1ccc(C2C3=C(OC4CCC(Cl)CC4C3=O)C(=O)N2c2nnc(CC)s2)cc1OC. The first kappa shape index (κ1) is 24.1. The third-order valence-electron chi connectivity index (χ3n) is 6.71. The van der Waals surface area contributed by atoms with Gasteiger partial charge in [0.2, 0.25) is 5.13 Å². The number of methoxy groups -OCH3 is 1. The first-order valence-electron chi connectivity index (χ1n) is 12.0. The quantitative estimate of drug-likeness (QED) is 0.495. The zero-order valence-electron chi connectivity index (χ0n) is 20.0. The lowest BCUT2D eigenvalue weighted by Crippen LogP contribution is -2.41. The van der Waals surface area contributed by atoms with Gasteiger partial charge in [0.25, 0.3) is 5.91 Å². The van der Waals surface area contributed by atoms with E-state index in [0.29, 0.717) is 53.6 Å². The smallest absolute Gasteiger partial charge is 0.296 e. The molecule has 5 rings (SSSR count). The first-order chi connectivity index (χ1) is 17.0. The lowest BCUT2D eigenvalue weighted by molar-refractivity contribution is -0.131. The predicted molar refractivity (Wildman–Crippen MR) is 132 cm³/mol. The number of amides is 1. The number of carbonyl (C=O) groups is 2. The number of alkyl halides is 1. The lowest BCUT2D eigenvalue weighted by Gasteiger charge is -2.37. The minimum absolute atomic E-state index is 0.0760. The van der Waals surface area contributed by atoms with Gasteiger partial charge in [0.05, 0.1) is 31.2 Å². The molecule has 0 spiro atoms. The van der Waals surface area contributed by atoms with Crippen LogP contribution in [0.25, 0.3) is 0 Å². The van der Waals surface area contributed by atoms with Gasteiger partial charge < -0.3 is 14.2 Å². The van der Waals surface area contributed by atoms with Crippen LogP contribution in [0.5, 0.6) is 11.5 Å². The highest BCUT2D eigenvalue weighted by atomic mass is 35.5. The molecule has 1 aromatic carbocycles. The average molecular weight is 518 g/mol. The molecule has 0 saturated heterocycles. The number of anilines is 1. The van der Waals surface area contributed by atoms with Crippen molar-refractivity contribution in [3.8, 4) is 11.5 Å². The number of halogens is 1. The van der Waals surface area contributed by atoms with Crippen LogP contribution in [-0.2, 0) is 20.7 Å². The molecular formula is C25H28ClN3O5S. The summed E-state index contributed by atoms with van der Waals surface area (Å²) < 4.78 is 17.6. The van der Waals surface area contributed by atoms with E-state index in [4.69, 9.17) is 25.8 Å². The van der Waals surface area contributed by atoms with E-state index in [9.17, 15) is 9.59 Å². The van der Waals surface area contributed by atoms with Crippen LogP contribution in [0.15, 0.2) is 29.5 Å². The molecule has 0 N–H and O–H groups in total. The number of nitrogens with zero attached hydrogens (tertiary/aromatic N) is 3. The summed E-state index contributed by atoms with van der Waals surface area (Å²) in [5, 5.41) is 9.66. The molecule has 35 heavy (non-hydrogen) atoms. The minimum atomic E-state index is -0.701. The highest BCUT2D eigenvalue weighted by Crippen LogP contribution is 2.50. The maximum Gasteiger partial charge on any atom is 0.296 e. The van der Waals surface area contributed by atoms with Crippen LogP contribution >= 0.6 is 22.9 Å². The first-order valence-corrected chi connectivity index (χ1v) is 13.3. The number of hydrogen-bond acceptors (Lipinski definition) is 8. The highest BCUT2D eigenvalue weighted by molar-refractivity contribution is 7.15. The molecule has 8 nitrogen and oxygen atoms in total. The van der Waals surface area contributed by atoms with Crippen molar-refractivity contribution in [2.75, 3.05) is 18.6 Å². The van der Waals surface area contributed by atoms with E-state index in [1.807, 2.05) is 32.0 Å². The molecule has 1 amide bonds. The van der Waals surface area contributed by atoms with Crippen molar-refractivity contribution < 1.29 is 23.8 Å². The number of ether oxygens (including phenoxy) is 3. The Balaban J connectivity index is 1.61. The number of rotatable bonds is 7. The van der Waals surface area contributed by atoms with Crippen LogP contribution < -0.4 is 14.4 Å². The Hall–Kier alpha value is -2.65. The van der Waals surface area contributed by atoms with Crippen LogP contribution in [-0.4, -0.2) is 47.1 Å². The third-order valence-corrected chi connectivity index (χ3v) is 8.18. The molecule has 3 aliphatic rings. The fraction of sp³-hybridized carbons (Fsp3) is 0.520. The number of carbonyl (C=O) groups excluding carboxylic acids is 2. The van der Waals surface area contributed by atoms with Gasteiger partial charge in [-0.2, -0.15) is 0 Å². The average Bonchev–Trinajstić information content (AvgIpc) is 3.45. The van der Waals surface area contributed by atoms with Crippen molar-refractivity contribution in [2.45, 2.75) is 63.5 Å². The second-order valence-corrected chi connectivity index (χ2v) is 10.6. The van der Waals surface area contributed by atoms with Gasteiger partial charge in [0.1, 0.15) is 11.1 Å². The Labute approximate surface area is 213 Å². The Morgan fingerprint density at radius 1 is 1.20 bits per heavy atom. The molecule has 2 aromatic rings. The second-order valence-electron chi connectivity index (χ2n) is 8.95. The highest BCUT2D eigenvalue weighted by Gasteiger charge is 2.54. The maximum absolute atomic E-state index is 13.9. The van der Waals surface area contributed by atoms with Crippen molar-refractivity contribution in [2.24, 2.45) is 5.92 Å². The molecule has 1 aromatic heterocycles. The molecule has 3 heterocycles. The van der Waals surface area contributed by atoms with E-state index in [1.54, 1.807) is 7.11 Å². The molecule has 186 valence electrons. The molecule has 0 radical (unpaired) electrons. The largest absolute Gasteiger partial charge is 0.493 e. The molecule has 1 saturated carbocycles. The van der Waals surface area contributed by atoms with Crippen LogP contribution in [0.1, 0.15) is 56.1 Å². The summed E-state index contributed by atoms with van der Waals surface area (Å²) in [7, 11) is 1.57. The van der Waals surface area contributed by atoms with Crippen molar-refractivity contribution in [3.63, 3.8) is 0 Å². The van der Waals surface area contributed by atoms with Crippen LogP contribution in [0.3, 0.4) is 0 Å². The zero-order valence-corrected chi connectivity index (χ0v) is 21.5. The van der Waals surface area contributed by atoms with Gasteiger partial charge in [-0.15, -0.1) is 21.8 Å². The summed E-state index contributed by atoms with van der Waals surface area (Å²) in [6, 6.07) is 4.79. The zero-order chi connectivity index (χ0) is 24.7. The fourth-order valence-corrected chi connectivity index (χ4v) is 6.12. The van der Waals surface area contributed by atoms with Crippen LogP contribution in [0.2, 0.25) is 0 Å². The summed E-state index contributed by atoms with van der Waals surface area (Å²) in [5.41, 5.74) is 1.07. The van der Waals surface area contributed by atoms with E-state index in [2.05, 4.69) is 10.2 Å². The third kappa shape index (κ3) is 4.18. The monoisotopic (exact) mass is 517 g/mol. The number of Topliss-reactive ketones (excluding diaryl/α,β-unsaturated/α-hetero) is 1. The topological polar surface area (TPSA) is 90.9 Å². The minimum Gasteiger partial charge on any atom is -0.493 e. The molecule has 1 aliphatic carbocycles.